The first-order chi connectivity index (χ1) is 13.6. The summed E-state index contributed by atoms with van der Waals surface area (Å²) < 4.78 is 24.1. The second-order valence-electron chi connectivity index (χ2n) is 6.37. The third kappa shape index (κ3) is 5.79. The van der Waals surface area contributed by atoms with E-state index in [1.165, 1.54) is 12.1 Å². The molecule has 1 aliphatic rings. The SMILES string of the molecule is CCOc1ccc(C(=O)NC(=NC[C@H]2CCCO2)Nc2ccc(F)cc2)cc1. The number of carbonyl (C=O) groups is 1. The fraction of sp³-hybridized carbons (Fsp3) is 0.333. The van der Waals surface area contributed by atoms with Crippen molar-refractivity contribution in [2.75, 3.05) is 25.1 Å². The third-order valence-electron chi connectivity index (χ3n) is 4.24. The van der Waals surface area contributed by atoms with Crippen LogP contribution in [-0.4, -0.2) is 37.7 Å². The molecule has 1 aliphatic heterocycles. The minimum Gasteiger partial charge on any atom is -0.494 e. The van der Waals surface area contributed by atoms with Crippen LogP contribution in [0.15, 0.2) is 53.5 Å². The molecular formula is C21H24FN3O3. The fourth-order valence-corrected chi connectivity index (χ4v) is 2.81. The van der Waals surface area contributed by atoms with Gasteiger partial charge >= 0.3 is 0 Å². The van der Waals surface area contributed by atoms with E-state index < -0.39 is 0 Å². The summed E-state index contributed by atoms with van der Waals surface area (Å²) in [4.78, 5) is 17.1. The van der Waals surface area contributed by atoms with Crippen LogP contribution in [-0.2, 0) is 4.74 Å². The summed E-state index contributed by atoms with van der Waals surface area (Å²) in [5.41, 5.74) is 1.11. The molecule has 1 amide bonds. The molecule has 1 atom stereocenters. The predicted octanol–water partition coefficient (Wildman–Crippen LogP) is 3.60. The first-order valence-corrected chi connectivity index (χ1v) is 9.37. The molecule has 0 spiro atoms. The van der Waals surface area contributed by atoms with Crippen molar-refractivity contribution in [3.05, 3.63) is 59.9 Å². The average Bonchev–Trinajstić information content (AvgIpc) is 3.22. The highest BCUT2D eigenvalue weighted by molar-refractivity contribution is 6.10. The van der Waals surface area contributed by atoms with Crippen LogP contribution in [0.5, 0.6) is 5.75 Å². The number of nitrogens with one attached hydrogen (secondary N) is 2. The van der Waals surface area contributed by atoms with Gasteiger partial charge in [0.25, 0.3) is 5.91 Å². The van der Waals surface area contributed by atoms with Gasteiger partial charge in [-0.25, -0.2) is 9.38 Å². The zero-order valence-electron chi connectivity index (χ0n) is 15.8. The lowest BCUT2D eigenvalue weighted by molar-refractivity contribution is 0.0975. The predicted molar refractivity (Wildman–Crippen MR) is 106 cm³/mol. The molecule has 0 aromatic heterocycles. The number of guanidine groups is 1. The van der Waals surface area contributed by atoms with Crippen LogP contribution in [0.1, 0.15) is 30.1 Å². The van der Waals surface area contributed by atoms with Gasteiger partial charge in [-0.05, 0) is 68.3 Å². The number of ether oxygens (including phenoxy) is 2. The van der Waals surface area contributed by atoms with Crippen molar-refractivity contribution < 1.29 is 18.7 Å². The van der Waals surface area contributed by atoms with Crippen molar-refractivity contribution in [1.29, 1.82) is 0 Å². The van der Waals surface area contributed by atoms with Crippen molar-refractivity contribution in [3.63, 3.8) is 0 Å². The molecule has 0 aliphatic carbocycles. The van der Waals surface area contributed by atoms with E-state index in [0.29, 0.717) is 36.1 Å². The zero-order chi connectivity index (χ0) is 19.8. The van der Waals surface area contributed by atoms with Crippen molar-refractivity contribution in [2.45, 2.75) is 25.9 Å². The second-order valence-corrected chi connectivity index (χ2v) is 6.37. The largest absolute Gasteiger partial charge is 0.494 e. The van der Waals surface area contributed by atoms with E-state index in [1.807, 2.05) is 6.92 Å². The van der Waals surface area contributed by atoms with Crippen molar-refractivity contribution >= 4 is 17.6 Å². The maximum Gasteiger partial charge on any atom is 0.257 e. The van der Waals surface area contributed by atoms with E-state index in [9.17, 15) is 9.18 Å². The van der Waals surface area contributed by atoms with Crippen LogP contribution in [0, 0.1) is 5.82 Å². The molecule has 0 bridgehead atoms. The standard InChI is InChI=1S/C21H24FN3O3/c1-2-27-18-11-5-15(6-12-18)20(26)25-21(23-14-19-4-3-13-28-19)24-17-9-7-16(22)8-10-17/h5-12,19H,2-4,13-14H2,1H3,(H2,23,24,25,26)/t19-/m1/s1. The topological polar surface area (TPSA) is 72.0 Å². The molecule has 0 radical (unpaired) electrons. The molecule has 2 aromatic carbocycles. The van der Waals surface area contributed by atoms with Crippen LogP contribution >= 0.6 is 0 Å². The van der Waals surface area contributed by atoms with E-state index in [-0.39, 0.29) is 17.8 Å². The summed E-state index contributed by atoms with van der Waals surface area (Å²) in [6.45, 7) is 3.64. The zero-order valence-corrected chi connectivity index (χ0v) is 15.8. The van der Waals surface area contributed by atoms with Crippen molar-refractivity contribution in [1.82, 2.24) is 5.32 Å². The number of benzene rings is 2. The van der Waals surface area contributed by atoms with E-state index in [1.54, 1.807) is 36.4 Å². The van der Waals surface area contributed by atoms with Crippen LogP contribution in [0.2, 0.25) is 0 Å². The molecule has 7 heteroatoms. The van der Waals surface area contributed by atoms with Crippen LogP contribution in [0.25, 0.3) is 0 Å². The van der Waals surface area contributed by atoms with Crippen LogP contribution in [0.4, 0.5) is 10.1 Å². The molecular weight excluding hydrogens is 361 g/mol. The van der Waals surface area contributed by atoms with Gasteiger partial charge in [0.15, 0.2) is 0 Å². The first-order valence-electron chi connectivity index (χ1n) is 9.37. The van der Waals surface area contributed by atoms with Gasteiger partial charge in [-0.15, -0.1) is 0 Å². The molecule has 3 rings (SSSR count). The molecule has 0 saturated carbocycles. The Morgan fingerprint density at radius 2 is 1.96 bits per heavy atom. The Hall–Kier alpha value is -2.93. The Morgan fingerprint density at radius 3 is 2.61 bits per heavy atom. The number of hydrogen-bond acceptors (Lipinski definition) is 4. The minimum atomic E-state index is -0.332. The monoisotopic (exact) mass is 385 g/mol. The highest BCUT2D eigenvalue weighted by atomic mass is 19.1. The van der Waals surface area contributed by atoms with Crippen LogP contribution < -0.4 is 15.4 Å². The molecule has 28 heavy (non-hydrogen) atoms. The summed E-state index contributed by atoms with van der Waals surface area (Å²) >= 11 is 0. The lowest BCUT2D eigenvalue weighted by Gasteiger charge is -2.13. The molecule has 1 fully saturated rings. The van der Waals surface area contributed by atoms with Gasteiger partial charge < -0.3 is 14.8 Å². The number of rotatable bonds is 6. The Labute approximate surface area is 163 Å². The molecule has 1 heterocycles. The maximum atomic E-state index is 13.1. The molecule has 0 unspecified atom stereocenters. The van der Waals surface area contributed by atoms with E-state index in [0.717, 1.165) is 19.4 Å². The number of aliphatic imine (C=N–C) groups is 1. The van der Waals surface area contributed by atoms with Gasteiger partial charge in [-0.1, -0.05) is 0 Å². The normalized spacial score (nSPS) is 16.6. The number of halogens is 1. The van der Waals surface area contributed by atoms with Gasteiger partial charge in [0.1, 0.15) is 11.6 Å². The van der Waals surface area contributed by atoms with Gasteiger partial charge in [0.05, 0.1) is 19.3 Å². The van der Waals surface area contributed by atoms with Crippen molar-refractivity contribution in [2.24, 2.45) is 4.99 Å². The van der Waals surface area contributed by atoms with E-state index in [2.05, 4.69) is 15.6 Å². The van der Waals surface area contributed by atoms with Gasteiger partial charge in [0, 0.05) is 17.9 Å². The quantitative estimate of drug-likeness (QED) is 0.589. The second kappa shape index (κ2) is 9.85. The lowest BCUT2D eigenvalue weighted by Crippen LogP contribution is -2.36. The lowest BCUT2D eigenvalue weighted by atomic mass is 10.2. The van der Waals surface area contributed by atoms with Gasteiger partial charge in [0.2, 0.25) is 5.96 Å². The third-order valence-corrected chi connectivity index (χ3v) is 4.24. The highest BCUT2D eigenvalue weighted by Gasteiger charge is 2.16. The number of hydrogen-bond donors (Lipinski definition) is 2. The summed E-state index contributed by atoms with van der Waals surface area (Å²) in [5.74, 6) is 0.363. The highest BCUT2D eigenvalue weighted by Crippen LogP contribution is 2.14. The summed E-state index contributed by atoms with van der Waals surface area (Å²) in [5, 5.41) is 5.82. The number of anilines is 1. The number of nitrogens with zero attached hydrogens (tertiary/aromatic N) is 1. The first kappa shape index (κ1) is 19.8. The molecule has 6 nitrogen and oxygen atoms in total. The smallest absolute Gasteiger partial charge is 0.257 e. The van der Waals surface area contributed by atoms with Gasteiger partial charge in [-0.2, -0.15) is 0 Å². The van der Waals surface area contributed by atoms with Crippen molar-refractivity contribution in [3.8, 4) is 5.75 Å². The molecule has 148 valence electrons. The molecule has 1 saturated heterocycles. The minimum absolute atomic E-state index is 0.0485. The van der Waals surface area contributed by atoms with E-state index >= 15 is 0 Å². The number of amides is 1. The number of carbonyl (C=O) groups excluding carboxylic acids is 1. The Bertz CT molecular complexity index is 801. The maximum absolute atomic E-state index is 13.1. The molecule has 2 aromatic rings. The van der Waals surface area contributed by atoms with E-state index in [4.69, 9.17) is 9.47 Å². The Kier molecular flexibility index (Phi) is 6.97. The molecule has 2 N–H and O–H groups in total. The summed E-state index contributed by atoms with van der Waals surface area (Å²) in [6.07, 6.45) is 2.01. The average molecular weight is 385 g/mol. The van der Waals surface area contributed by atoms with Gasteiger partial charge in [-0.3, -0.25) is 10.1 Å². The summed E-state index contributed by atoms with van der Waals surface area (Å²) in [6, 6.07) is 12.7. The Morgan fingerprint density at radius 1 is 1.21 bits per heavy atom. The fourth-order valence-electron chi connectivity index (χ4n) is 2.81. The van der Waals surface area contributed by atoms with Crippen LogP contribution in [0.3, 0.4) is 0 Å². The summed E-state index contributed by atoms with van der Waals surface area (Å²) in [7, 11) is 0. The Balaban J connectivity index is 1.70.